The van der Waals surface area contributed by atoms with Crippen LogP contribution in [0.25, 0.3) is 0 Å². The molecule has 1 aromatic rings. The van der Waals surface area contributed by atoms with Crippen LogP contribution in [0.5, 0.6) is 0 Å². The maximum absolute atomic E-state index is 13.7. The van der Waals surface area contributed by atoms with Crippen molar-refractivity contribution in [1.82, 2.24) is 5.32 Å². The summed E-state index contributed by atoms with van der Waals surface area (Å²) in [4.78, 5) is 0. The van der Waals surface area contributed by atoms with Crippen LogP contribution in [-0.4, -0.2) is 12.6 Å². The summed E-state index contributed by atoms with van der Waals surface area (Å²) in [6, 6.07) is 8.22. The lowest BCUT2D eigenvalue weighted by molar-refractivity contribution is -0.00410. The second kappa shape index (κ2) is 3.81. The molecule has 1 aliphatic rings. The first-order chi connectivity index (χ1) is 7.42. The van der Waals surface area contributed by atoms with Crippen LogP contribution in [0.4, 0.5) is 8.78 Å². The van der Waals surface area contributed by atoms with Crippen molar-refractivity contribution in [3.63, 3.8) is 0 Å². The smallest absolute Gasteiger partial charge is 0.285 e. The van der Waals surface area contributed by atoms with Crippen molar-refractivity contribution >= 4 is 0 Å². The van der Waals surface area contributed by atoms with Gasteiger partial charge in [-0.3, -0.25) is 0 Å². The highest BCUT2D eigenvalue weighted by molar-refractivity contribution is 5.20. The van der Waals surface area contributed by atoms with Crippen LogP contribution in [0, 0.1) is 5.41 Å². The van der Waals surface area contributed by atoms with Gasteiger partial charge in [0.15, 0.2) is 0 Å². The SMILES string of the molecule is CC1(C)CC1NCC(F)(F)c1ccccc1. The Kier molecular flexibility index (Phi) is 2.74. The third kappa shape index (κ3) is 2.40. The molecule has 0 bridgehead atoms. The molecule has 88 valence electrons. The molecule has 2 rings (SSSR count). The van der Waals surface area contributed by atoms with Gasteiger partial charge in [0.2, 0.25) is 0 Å². The van der Waals surface area contributed by atoms with Gasteiger partial charge in [-0.25, -0.2) is 0 Å². The lowest BCUT2D eigenvalue weighted by Crippen LogP contribution is -2.33. The van der Waals surface area contributed by atoms with E-state index in [1.165, 1.54) is 12.1 Å². The summed E-state index contributed by atoms with van der Waals surface area (Å²) in [7, 11) is 0. The predicted octanol–water partition coefficient (Wildman–Crippen LogP) is 3.17. The van der Waals surface area contributed by atoms with E-state index in [0.29, 0.717) is 0 Å². The van der Waals surface area contributed by atoms with Gasteiger partial charge in [0.05, 0.1) is 6.54 Å². The summed E-state index contributed by atoms with van der Waals surface area (Å²) in [5.41, 5.74) is 0.271. The Hall–Kier alpha value is -0.960. The number of benzene rings is 1. The Morgan fingerprint density at radius 1 is 1.31 bits per heavy atom. The second-order valence-electron chi connectivity index (χ2n) is 5.20. The van der Waals surface area contributed by atoms with Gasteiger partial charge in [0.1, 0.15) is 0 Å². The zero-order valence-corrected chi connectivity index (χ0v) is 9.63. The van der Waals surface area contributed by atoms with Crippen molar-refractivity contribution in [3.8, 4) is 0 Å². The molecule has 3 heteroatoms. The lowest BCUT2D eigenvalue weighted by Gasteiger charge is -2.18. The fourth-order valence-electron chi connectivity index (χ4n) is 1.85. The minimum atomic E-state index is -2.78. The molecule has 1 aliphatic carbocycles. The van der Waals surface area contributed by atoms with Crippen molar-refractivity contribution in [1.29, 1.82) is 0 Å². The highest BCUT2D eigenvalue weighted by Gasteiger charge is 2.46. The van der Waals surface area contributed by atoms with Crippen LogP contribution in [0.1, 0.15) is 25.8 Å². The maximum atomic E-state index is 13.7. The Labute approximate surface area is 94.9 Å². The van der Waals surface area contributed by atoms with E-state index in [1.807, 2.05) is 0 Å². The van der Waals surface area contributed by atoms with E-state index in [2.05, 4.69) is 19.2 Å². The van der Waals surface area contributed by atoms with Crippen LogP contribution < -0.4 is 5.32 Å². The standard InChI is InChI=1S/C13H17F2N/c1-12(2)8-11(12)16-9-13(14,15)10-6-4-3-5-7-10/h3-7,11,16H,8-9H2,1-2H3. The van der Waals surface area contributed by atoms with E-state index in [1.54, 1.807) is 18.2 Å². The molecule has 0 radical (unpaired) electrons. The zero-order chi connectivity index (χ0) is 11.8. The van der Waals surface area contributed by atoms with Gasteiger partial charge in [-0.2, -0.15) is 8.78 Å². The van der Waals surface area contributed by atoms with E-state index in [0.717, 1.165) is 6.42 Å². The van der Waals surface area contributed by atoms with Gasteiger partial charge in [-0.15, -0.1) is 0 Å². The predicted molar refractivity (Wildman–Crippen MR) is 60.5 cm³/mol. The summed E-state index contributed by atoms with van der Waals surface area (Å²) < 4.78 is 27.5. The second-order valence-corrected chi connectivity index (χ2v) is 5.20. The highest BCUT2D eigenvalue weighted by Crippen LogP contribution is 2.45. The number of rotatable bonds is 4. The Morgan fingerprint density at radius 2 is 1.88 bits per heavy atom. The number of halogens is 2. The van der Waals surface area contributed by atoms with Crippen LogP contribution in [-0.2, 0) is 5.92 Å². The van der Waals surface area contributed by atoms with E-state index < -0.39 is 5.92 Å². The summed E-state index contributed by atoms with van der Waals surface area (Å²) >= 11 is 0. The summed E-state index contributed by atoms with van der Waals surface area (Å²) in [6.07, 6.45) is 0.984. The first kappa shape index (κ1) is 11.5. The highest BCUT2D eigenvalue weighted by atomic mass is 19.3. The zero-order valence-electron chi connectivity index (χ0n) is 9.63. The third-order valence-corrected chi connectivity index (χ3v) is 3.28. The van der Waals surface area contributed by atoms with Crippen molar-refractivity contribution < 1.29 is 8.78 Å². The first-order valence-electron chi connectivity index (χ1n) is 5.58. The van der Waals surface area contributed by atoms with Crippen LogP contribution in [0.15, 0.2) is 30.3 Å². The summed E-state index contributed by atoms with van der Waals surface area (Å²) in [5.74, 6) is -2.78. The quantitative estimate of drug-likeness (QED) is 0.830. The summed E-state index contributed by atoms with van der Waals surface area (Å²) in [6.45, 7) is 3.90. The van der Waals surface area contributed by atoms with Gasteiger partial charge >= 0.3 is 0 Å². The molecule has 1 nitrogen and oxygen atoms in total. The average Bonchev–Trinajstić information content (AvgIpc) is 2.85. The van der Waals surface area contributed by atoms with E-state index in [-0.39, 0.29) is 23.6 Å². The fourth-order valence-corrected chi connectivity index (χ4v) is 1.85. The molecule has 0 heterocycles. The molecular weight excluding hydrogens is 208 g/mol. The van der Waals surface area contributed by atoms with Gasteiger partial charge in [-0.1, -0.05) is 44.2 Å². The Bertz CT molecular complexity index is 359. The minimum absolute atomic E-state index is 0.0842. The van der Waals surface area contributed by atoms with Gasteiger partial charge < -0.3 is 5.32 Å². The molecular formula is C13H17F2N. The van der Waals surface area contributed by atoms with Crippen molar-refractivity contribution in [2.45, 2.75) is 32.2 Å². The van der Waals surface area contributed by atoms with Crippen LogP contribution >= 0.6 is 0 Å². The van der Waals surface area contributed by atoms with E-state index >= 15 is 0 Å². The lowest BCUT2D eigenvalue weighted by atomic mass is 10.1. The summed E-state index contributed by atoms with van der Waals surface area (Å²) in [5, 5.41) is 2.94. The van der Waals surface area contributed by atoms with E-state index in [9.17, 15) is 8.78 Å². The molecule has 0 amide bonds. The molecule has 0 aliphatic heterocycles. The molecule has 1 N–H and O–H groups in total. The topological polar surface area (TPSA) is 12.0 Å². The largest absolute Gasteiger partial charge is 0.308 e. The van der Waals surface area contributed by atoms with Crippen molar-refractivity contribution in [2.24, 2.45) is 5.41 Å². The van der Waals surface area contributed by atoms with Gasteiger partial charge in [-0.05, 0) is 11.8 Å². The molecule has 0 spiro atoms. The average molecular weight is 225 g/mol. The molecule has 1 saturated carbocycles. The molecule has 16 heavy (non-hydrogen) atoms. The first-order valence-corrected chi connectivity index (χ1v) is 5.58. The Balaban J connectivity index is 1.93. The van der Waals surface area contributed by atoms with Crippen LogP contribution in [0.3, 0.4) is 0 Å². The Morgan fingerprint density at radius 3 is 2.38 bits per heavy atom. The minimum Gasteiger partial charge on any atom is -0.308 e. The molecule has 1 atom stereocenters. The molecule has 1 fully saturated rings. The number of alkyl halides is 2. The maximum Gasteiger partial charge on any atom is 0.285 e. The van der Waals surface area contributed by atoms with Crippen molar-refractivity contribution in [3.05, 3.63) is 35.9 Å². The fraction of sp³-hybridized carbons (Fsp3) is 0.538. The third-order valence-electron chi connectivity index (χ3n) is 3.28. The number of hydrogen-bond acceptors (Lipinski definition) is 1. The van der Waals surface area contributed by atoms with Crippen molar-refractivity contribution in [2.75, 3.05) is 6.54 Å². The van der Waals surface area contributed by atoms with Crippen LogP contribution in [0.2, 0.25) is 0 Å². The molecule has 1 unspecified atom stereocenters. The van der Waals surface area contributed by atoms with Gasteiger partial charge in [0.25, 0.3) is 5.92 Å². The molecule has 1 aromatic carbocycles. The number of nitrogens with one attached hydrogen (secondary N) is 1. The van der Waals surface area contributed by atoms with E-state index in [4.69, 9.17) is 0 Å². The monoisotopic (exact) mass is 225 g/mol. The molecule has 0 saturated heterocycles. The molecule has 0 aromatic heterocycles. The van der Waals surface area contributed by atoms with Gasteiger partial charge in [0, 0.05) is 11.6 Å². The number of hydrogen-bond donors (Lipinski definition) is 1. The normalized spacial score (nSPS) is 23.1.